The number of ether oxygens (including phenoxy) is 4. The lowest BCUT2D eigenvalue weighted by Gasteiger charge is -2.45. The SMILES string of the molecule is C=CC[C@@H](C[C@@H](C[C@@H](O[Si](C)(C)C)[C@@H](CO)CC[C@H](C=C)O[C@@H](C=C)CC=C)OCOC)O[C@H](C=C)C(C)(C)CO[Si](C(C)C)(C(C)C)C(C)C. The number of hydrogen-bond acceptors (Lipinski definition) is 7. The molecule has 0 bridgehead atoms. The van der Waals surface area contributed by atoms with E-state index >= 15 is 0 Å². The molecule has 0 aliphatic rings. The van der Waals surface area contributed by atoms with Crippen molar-refractivity contribution in [3.05, 3.63) is 63.3 Å². The number of aliphatic hydroxyl groups excluding tert-OH is 1. The van der Waals surface area contributed by atoms with Crippen molar-refractivity contribution in [2.24, 2.45) is 11.3 Å². The highest BCUT2D eigenvalue weighted by Crippen LogP contribution is 2.44. The summed E-state index contributed by atoms with van der Waals surface area (Å²) >= 11 is 0. The van der Waals surface area contributed by atoms with Crippen LogP contribution in [0.4, 0.5) is 0 Å². The van der Waals surface area contributed by atoms with Crippen LogP contribution in [0.1, 0.15) is 93.9 Å². The Bertz CT molecular complexity index is 968. The van der Waals surface area contributed by atoms with Crippen molar-refractivity contribution in [1.29, 1.82) is 0 Å². The number of methoxy groups -OCH3 is 1. The Morgan fingerprint density at radius 2 is 1.29 bits per heavy atom. The van der Waals surface area contributed by atoms with Crippen molar-refractivity contribution in [2.75, 3.05) is 27.1 Å². The fourth-order valence-electron chi connectivity index (χ4n) is 7.40. The smallest absolute Gasteiger partial charge is 0.200 e. The monoisotopic (exact) mass is 753 g/mol. The topological polar surface area (TPSA) is 75.6 Å². The van der Waals surface area contributed by atoms with Gasteiger partial charge in [0.1, 0.15) is 6.79 Å². The summed E-state index contributed by atoms with van der Waals surface area (Å²) in [5.74, 6) is -0.124. The van der Waals surface area contributed by atoms with E-state index in [1.165, 1.54) is 0 Å². The maximum atomic E-state index is 10.7. The minimum Gasteiger partial charge on any atom is -0.415 e. The average molecular weight is 753 g/mol. The number of rotatable bonds is 32. The Balaban J connectivity index is 6.24. The normalized spacial score (nSPS) is 17.1. The van der Waals surface area contributed by atoms with E-state index in [1.54, 1.807) is 13.2 Å². The van der Waals surface area contributed by atoms with Gasteiger partial charge in [0.05, 0.1) is 36.6 Å². The van der Waals surface area contributed by atoms with Gasteiger partial charge in [0.25, 0.3) is 0 Å². The second kappa shape index (κ2) is 25.0. The zero-order valence-electron chi connectivity index (χ0n) is 35.0. The van der Waals surface area contributed by atoms with E-state index in [4.69, 9.17) is 27.8 Å². The van der Waals surface area contributed by atoms with Gasteiger partial charge in [-0.05, 0) is 68.4 Å². The van der Waals surface area contributed by atoms with Crippen molar-refractivity contribution in [3.8, 4) is 0 Å². The molecule has 51 heavy (non-hydrogen) atoms. The molecule has 0 saturated heterocycles. The van der Waals surface area contributed by atoms with Crippen molar-refractivity contribution in [2.45, 2.75) is 167 Å². The summed E-state index contributed by atoms with van der Waals surface area (Å²) < 4.78 is 38.7. The highest BCUT2D eigenvalue weighted by atomic mass is 28.4. The van der Waals surface area contributed by atoms with Crippen LogP contribution in [-0.2, 0) is 27.8 Å². The molecular formula is C42H80O7Si2. The van der Waals surface area contributed by atoms with Gasteiger partial charge in [-0.25, -0.2) is 0 Å². The second-order valence-electron chi connectivity index (χ2n) is 16.7. The zero-order chi connectivity index (χ0) is 39.4. The predicted molar refractivity (Wildman–Crippen MR) is 222 cm³/mol. The van der Waals surface area contributed by atoms with Crippen LogP contribution in [0.15, 0.2) is 63.3 Å². The molecule has 0 rings (SSSR count). The van der Waals surface area contributed by atoms with Gasteiger partial charge in [0.2, 0.25) is 0 Å². The molecule has 9 heteroatoms. The third kappa shape index (κ3) is 17.7. The van der Waals surface area contributed by atoms with Gasteiger partial charge in [-0.15, -0.1) is 32.9 Å². The van der Waals surface area contributed by atoms with Crippen molar-refractivity contribution >= 4 is 16.6 Å². The molecule has 0 radical (unpaired) electrons. The van der Waals surface area contributed by atoms with Crippen LogP contribution in [0.25, 0.3) is 0 Å². The molecule has 0 spiro atoms. The zero-order valence-corrected chi connectivity index (χ0v) is 37.0. The minimum atomic E-state index is -2.07. The number of hydrogen-bond donors (Lipinski definition) is 1. The molecule has 0 fully saturated rings. The summed E-state index contributed by atoms with van der Waals surface area (Å²) in [6.45, 7) is 45.6. The quantitative estimate of drug-likeness (QED) is 0.0416. The lowest BCUT2D eigenvalue weighted by atomic mass is 9.87. The first-order valence-electron chi connectivity index (χ1n) is 19.3. The Labute approximate surface area is 317 Å². The largest absolute Gasteiger partial charge is 0.415 e. The van der Waals surface area contributed by atoms with E-state index in [0.717, 1.165) is 0 Å². The standard InChI is InChI=1S/C42H80O7Si2/c1-18-23-36(20-3)47-37(21-4)26-25-35(29-43)40(49-50(15,16)17)28-39(45-31-44-14)27-38(24-19-2)48-41(22-5)42(12,13)30-46-51(32(6)7,33(8)9)34(10)11/h18-22,32-41,43H,1-5,23-31H2,6-17H3/t35-,36+,37+,38+,39+,40-,41-/m1/s1. The fourth-order valence-corrected chi connectivity index (χ4v) is 14.2. The lowest BCUT2D eigenvalue weighted by molar-refractivity contribution is -0.120. The van der Waals surface area contributed by atoms with Gasteiger partial charge in [0, 0.05) is 38.1 Å². The first-order chi connectivity index (χ1) is 23.8. The maximum absolute atomic E-state index is 10.7. The Morgan fingerprint density at radius 1 is 0.725 bits per heavy atom. The molecule has 298 valence electrons. The molecule has 0 aliphatic heterocycles. The molecule has 0 aromatic carbocycles. The van der Waals surface area contributed by atoms with Crippen LogP contribution in [0.2, 0.25) is 36.3 Å². The van der Waals surface area contributed by atoms with Gasteiger partial charge < -0.3 is 32.9 Å². The average Bonchev–Trinajstić information content (AvgIpc) is 3.04. The van der Waals surface area contributed by atoms with E-state index in [0.29, 0.717) is 61.8 Å². The molecule has 0 aromatic rings. The fraction of sp³-hybridized carbons (Fsp3) is 0.762. The van der Waals surface area contributed by atoms with Crippen molar-refractivity contribution in [3.63, 3.8) is 0 Å². The van der Waals surface area contributed by atoms with E-state index in [-0.39, 0.29) is 61.4 Å². The van der Waals surface area contributed by atoms with Crippen LogP contribution in [-0.4, -0.2) is 85.5 Å². The van der Waals surface area contributed by atoms with E-state index in [9.17, 15) is 5.11 Å². The third-order valence-corrected chi connectivity index (χ3v) is 17.0. The van der Waals surface area contributed by atoms with Crippen molar-refractivity contribution < 1.29 is 32.9 Å². The van der Waals surface area contributed by atoms with E-state index < -0.39 is 16.6 Å². The summed E-state index contributed by atoms with van der Waals surface area (Å²) in [7, 11) is -2.45. The predicted octanol–water partition coefficient (Wildman–Crippen LogP) is 10.8. The molecule has 0 saturated carbocycles. The van der Waals surface area contributed by atoms with Gasteiger partial charge in [-0.3, -0.25) is 0 Å². The van der Waals surface area contributed by atoms with Crippen LogP contribution in [0.3, 0.4) is 0 Å². The summed E-state index contributed by atoms with van der Waals surface area (Å²) in [6.07, 6.45) is 11.9. The molecule has 0 unspecified atom stereocenters. The third-order valence-electron chi connectivity index (χ3n) is 9.96. The minimum absolute atomic E-state index is 0.0131. The summed E-state index contributed by atoms with van der Waals surface area (Å²) in [6, 6.07) is 0. The van der Waals surface area contributed by atoms with E-state index in [1.807, 2.05) is 24.3 Å². The molecule has 7 nitrogen and oxygen atoms in total. The molecule has 0 aromatic heterocycles. The van der Waals surface area contributed by atoms with Crippen molar-refractivity contribution in [1.82, 2.24) is 0 Å². The van der Waals surface area contributed by atoms with Crippen LogP contribution in [0, 0.1) is 11.3 Å². The van der Waals surface area contributed by atoms with Crippen LogP contribution >= 0.6 is 0 Å². The maximum Gasteiger partial charge on any atom is 0.200 e. The summed E-state index contributed by atoms with van der Waals surface area (Å²) in [5, 5.41) is 10.7. The highest BCUT2D eigenvalue weighted by Gasteiger charge is 2.46. The Kier molecular flexibility index (Phi) is 24.5. The highest BCUT2D eigenvalue weighted by molar-refractivity contribution is 6.77. The molecule has 0 heterocycles. The number of aliphatic hydroxyl groups is 1. The van der Waals surface area contributed by atoms with Gasteiger partial charge in [0.15, 0.2) is 16.6 Å². The second-order valence-corrected chi connectivity index (χ2v) is 26.6. The lowest BCUT2D eigenvalue weighted by Crippen LogP contribution is -2.51. The van der Waals surface area contributed by atoms with Gasteiger partial charge in [-0.2, -0.15) is 0 Å². The molecule has 0 amide bonds. The van der Waals surface area contributed by atoms with Gasteiger partial charge in [-0.1, -0.05) is 85.8 Å². The summed E-state index contributed by atoms with van der Waals surface area (Å²) in [4.78, 5) is 0. The first-order valence-corrected chi connectivity index (χ1v) is 24.8. The molecule has 7 atom stereocenters. The Morgan fingerprint density at radius 3 is 1.73 bits per heavy atom. The van der Waals surface area contributed by atoms with Crippen LogP contribution < -0.4 is 0 Å². The molecule has 1 N–H and O–H groups in total. The molecule has 0 aliphatic carbocycles. The van der Waals surface area contributed by atoms with Gasteiger partial charge >= 0.3 is 0 Å². The van der Waals surface area contributed by atoms with Crippen LogP contribution in [0.5, 0.6) is 0 Å². The van der Waals surface area contributed by atoms with E-state index in [2.05, 4.69) is 108 Å². The molecular weight excluding hydrogens is 673 g/mol. The first kappa shape index (κ1) is 49.9. The summed E-state index contributed by atoms with van der Waals surface area (Å²) in [5.41, 5.74) is 1.17. The Hall–Kier alpha value is -1.15.